The second kappa shape index (κ2) is 12.1. The molecule has 2 aromatic carbocycles. The Morgan fingerprint density at radius 3 is 2.41 bits per heavy atom. The summed E-state index contributed by atoms with van der Waals surface area (Å²) in [4.78, 5) is 33.5. The number of fused-ring (bicyclic) bond motifs is 1. The number of rotatable bonds is 10. The number of hydrogen-bond donors (Lipinski definition) is 1. The molecule has 0 bridgehead atoms. The van der Waals surface area contributed by atoms with E-state index in [0.717, 1.165) is 73.9 Å². The molecule has 2 aliphatic rings. The van der Waals surface area contributed by atoms with Crippen molar-refractivity contribution < 1.29 is 9.53 Å². The van der Waals surface area contributed by atoms with Gasteiger partial charge in [0.15, 0.2) is 17.3 Å². The Bertz CT molecular complexity index is 1480. The molecule has 0 atom stereocenters. The lowest BCUT2D eigenvalue weighted by atomic mass is 10.1. The van der Waals surface area contributed by atoms with Gasteiger partial charge >= 0.3 is 0 Å². The first-order valence-corrected chi connectivity index (χ1v) is 14.5. The molecule has 2 fully saturated rings. The van der Waals surface area contributed by atoms with Gasteiger partial charge in [0.1, 0.15) is 11.3 Å². The topological polar surface area (TPSA) is 91.7 Å². The van der Waals surface area contributed by atoms with Gasteiger partial charge in [-0.1, -0.05) is 12.1 Å². The maximum Gasteiger partial charge on any atom is 0.222 e. The number of anilines is 2. The Labute approximate surface area is 241 Å². The fourth-order valence-corrected chi connectivity index (χ4v) is 5.53. The molecule has 1 N–H and O–H groups in total. The van der Waals surface area contributed by atoms with E-state index >= 15 is 0 Å². The summed E-state index contributed by atoms with van der Waals surface area (Å²) in [6.07, 6.45) is 4.22. The number of piperazine rings is 1. The fraction of sp³-hybridized carbons (Fsp3) is 0.419. The lowest BCUT2D eigenvalue weighted by molar-refractivity contribution is -0.127. The molecule has 214 valence electrons. The number of hydrogen-bond acceptors (Lipinski definition) is 8. The second-order valence-corrected chi connectivity index (χ2v) is 10.9. The number of likely N-dealkylation sites (N-methyl/N-ethyl adjacent to an activating group) is 1. The molecule has 10 heteroatoms. The molecule has 1 amide bonds. The van der Waals surface area contributed by atoms with E-state index in [1.165, 1.54) is 11.3 Å². The van der Waals surface area contributed by atoms with Crippen LogP contribution in [-0.2, 0) is 17.8 Å². The quantitative estimate of drug-likeness (QED) is 0.318. The number of ether oxygens (including phenoxy) is 1. The highest BCUT2D eigenvalue weighted by Crippen LogP contribution is 2.27. The van der Waals surface area contributed by atoms with E-state index in [1.54, 1.807) is 7.11 Å². The van der Waals surface area contributed by atoms with Crippen molar-refractivity contribution >= 4 is 28.6 Å². The van der Waals surface area contributed by atoms with Crippen LogP contribution in [-0.4, -0.2) is 95.2 Å². The molecule has 0 spiro atoms. The van der Waals surface area contributed by atoms with E-state index in [0.29, 0.717) is 31.9 Å². The Morgan fingerprint density at radius 2 is 1.71 bits per heavy atom. The van der Waals surface area contributed by atoms with Crippen LogP contribution in [0.25, 0.3) is 22.6 Å². The molecule has 2 aliphatic heterocycles. The van der Waals surface area contributed by atoms with Crippen LogP contribution in [0.2, 0.25) is 0 Å². The maximum atomic E-state index is 12.2. The Morgan fingerprint density at radius 1 is 0.927 bits per heavy atom. The van der Waals surface area contributed by atoms with E-state index in [2.05, 4.69) is 58.6 Å². The zero-order chi connectivity index (χ0) is 28.2. The van der Waals surface area contributed by atoms with Gasteiger partial charge in [-0.25, -0.2) is 15.0 Å². The number of methoxy groups -OCH3 is 1. The molecular formula is C31H38N8O2. The molecule has 2 aromatic heterocycles. The van der Waals surface area contributed by atoms with Crippen molar-refractivity contribution in [3.8, 4) is 17.1 Å². The average Bonchev–Trinajstić information content (AvgIpc) is 3.62. The molecule has 2 saturated heterocycles. The number of aromatic nitrogens is 4. The van der Waals surface area contributed by atoms with Crippen molar-refractivity contribution in [2.24, 2.45) is 0 Å². The summed E-state index contributed by atoms with van der Waals surface area (Å²) in [6.45, 7) is 7.02. The van der Waals surface area contributed by atoms with Crippen molar-refractivity contribution in [3.05, 3.63) is 60.4 Å². The van der Waals surface area contributed by atoms with Crippen molar-refractivity contribution in [3.63, 3.8) is 0 Å². The van der Waals surface area contributed by atoms with E-state index in [9.17, 15) is 4.79 Å². The van der Waals surface area contributed by atoms with Gasteiger partial charge in [0.2, 0.25) is 5.91 Å². The summed E-state index contributed by atoms with van der Waals surface area (Å²) in [5.41, 5.74) is 4.91. The standard InChI is InChI=1S/C31H38N8O2/c1-36-16-18-37(19-17-36)25-9-7-24(8-10-25)29-34-30(32-14-13-23-5-11-26(41-2)12-6-23)28-31(35-29)39(22-33-28)21-20-38-15-3-4-27(38)40/h5-12,22H,3-4,13-21H2,1-2H3,(H,32,34,35). The van der Waals surface area contributed by atoms with Crippen LogP contribution >= 0.6 is 0 Å². The summed E-state index contributed by atoms with van der Waals surface area (Å²) in [5.74, 6) is 2.46. The van der Waals surface area contributed by atoms with Gasteiger partial charge in [0.25, 0.3) is 0 Å². The van der Waals surface area contributed by atoms with Crippen LogP contribution in [0.1, 0.15) is 18.4 Å². The van der Waals surface area contributed by atoms with Crippen LogP contribution in [0.15, 0.2) is 54.9 Å². The molecule has 0 unspecified atom stereocenters. The molecular weight excluding hydrogens is 516 g/mol. The first-order valence-electron chi connectivity index (χ1n) is 14.5. The third-order valence-electron chi connectivity index (χ3n) is 8.11. The third-order valence-corrected chi connectivity index (χ3v) is 8.11. The maximum absolute atomic E-state index is 12.2. The Kier molecular flexibility index (Phi) is 8.00. The first kappa shape index (κ1) is 27.0. The van der Waals surface area contributed by atoms with Crippen molar-refractivity contribution in [2.45, 2.75) is 25.8 Å². The number of amides is 1. The minimum atomic E-state index is 0.228. The third kappa shape index (κ3) is 6.12. The number of likely N-dealkylation sites (tertiary alicyclic amines) is 1. The molecule has 0 radical (unpaired) electrons. The lowest BCUT2D eigenvalue weighted by Crippen LogP contribution is -2.44. The monoisotopic (exact) mass is 554 g/mol. The van der Waals surface area contributed by atoms with Gasteiger partial charge in [-0.15, -0.1) is 0 Å². The van der Waals surface area contributed by atoms with Gasteiger partial charge < -0.3 is 29.3 Å². The van der Waals surface area contributed by atoms with Crippen LogP contribution in [0.5, 0.6) is 5.75 Å². The smallest absolute Gasteiger partial charge is 0.222 e. The summed E-state index contributed by atoms with van der Waals surface area (Å²) >= 11 is 0. The zero-order valence-electron chi connectivity index (χ0n) is 23.9. The molecule has 10 nitrogen and oxygen atoms in total. The Hall–Kier alpha value is -4.18. The van der Waals surface area contributed by atoms with Crippen LogP contribution in [0.4, 0.5) is 11.5 Å². The minimum absolute atomic E-state index is 0.228. The predicted molar refractivity (Wildman–Crippen MR) is 161 cm³/mol. The number of imidazole rings is 1. The normalized spacial score (nSPS) is 16.1. The van der Waals surface area contributed by atoms with E-state index in [-0.39, 0.29) is 5.91 Å². The fourth-order valence-electron chi connectivity index (χ4n) is 5.53. The highest BCUT2D eigenvalue weighted by atomic mass is 16.5. The van der Waals surface area contributed by atoms with E-state index in [4.69, 9.17) is 19.7 Å². The van der Waals surface area contributed by atoms with Crippen molar-refractivity contribution in [2.75, 3.05) is 70.2 Å². The van der Waals surface area contributed by atoms with Crippen molar-refractivity contribution in [1.29, 1.82) is 0 Å². The van der Waals surface area contributed by atoms with Gasteiger partial charge in [-0.2, -0.15) is 0 Å². The molecule has 41 heavy (non-hydrogen) atoms. The largest absolute Gasteiger partial charge is 0.497 e. The molecule has 6 rings (SSSR count). The summed E-state index contributed by atoms with van der Waals surface area (Å²) < 4.78 is 7.32. The molecule has 0 aliphatic carbocycles. The SMILES string of the molecule is COc1ccc(CCNc2nc(-c3ccc(N4CCN(C)CC4)cc3)nc3c2ncn3CCN2CCCC2=O)cc1. The zero-order valence-corrected chi connectivity index (χ0v) is 23.9. The number of carbonyl (C=O) groups is 1. The number of carbonyl (C=O) groups excluding carboxylic acids is 1. The molecule has 0 saturated carbocycles. The summed E-state index contributed by atoms with van der Waals surface area (Å²) in [7, 11) is 3.85. The van der Waals surface area contributed by atoms with Gasteiger partial charge in [0.05, 0.1) is 13.4 Å². The van der Waals surface area contributed by atoms with Crippen LogP contribution < -0.4 is 15.0 Å². The van der Waals surface area contributed by atoms with Crippen LogP contribution in [0, 0.1) is 0 Å². The molecule has 4 heterocycles. The number of nitrogens with one attached hydrogen (secondary N) is 1. The summed E-state index contributed by atoms with van der Waals surface area (Å²) in [6, 6.07) is 16.7. The van der Waals surface area contributed by atoms with Gasteiger partial charge in [-0.05, 0) is 61.9 Å². The van der Waals surface area contributed by atoms with E-state index < -0.39 is 0 Å². The van der Waals surface area contributed by atoms with Gasteiger partial charge in [-0.3, -0.25) is 4.79 Å². The Balaban J connectivity index is 1.25. The average molecular weight is 555 g/mol. The highest BCUT2D eigenvalue weighted by Gasteiger charge is 2.21. The van der Waals surface area contributed by atoms with Gasteiger partial charge in [0, 0.05) is 70.0 Å². The van der Waals surface area contributed by atoms with Crippen LogP contribution in [0.3, 0.4) is 0 Å². The second-order valence-electron chi connectivity index (χ2n) is 10.9. The first-order chi connectivity index (χ1) is 20.1. The lowest BCUT2D eigenvalue weighted by Gasteiger charge is -2.34. The predicted octanol–water partition coefficient (Wildman–Crippen LogP) is 3.53. The molecule has 4 aromatic rings. The van der Waals surface area contributed by atoms with Crippen molar-refractivity contribution in [1.82, 2.24) is 29.3 Å². The highest BCUT2D eigenvalue weighted by molar-refractivity contribution is 5.85. The number of nitrogens with zero attached hydrogens (tertiary/aromatic N) is 7. The minimum Gasteiger partial charge on any atom is -0.497 e. The summed E-state index contributed by atoms with van der Waals surface area (Å²) in [5, 5.41) is 3.52. The van der Waals surface area contributed by atoms with E-state index in [1.807, 2.05) is 27.9 Å². The number of benzene rings is 2.